The van der Waals surface area contributed by atoms with Crippen LogP contribution >= 0.6 is 0 Å². The fraction of sp³-hybridized carbons (Fsp3) is 0.606. The van der Waals surface area contributed by atoms with Gasteiger partial charge in [0.25, 0.3) is 0 Å². The van der Waals surface area contributed by atoms with Gasteiger partial charge >= 0.3 is 0 Å². The number of carbonyl (C=O) groups excluding carboxylic acids is 8. The molecule has 10 rings (SSSR count). The molecule has 4 N–H and O–H groups in total. The van der Waals surface area contributed by atoms with Crippen molar-refractivity contribution in [2.75, 3.05) is 26.3 Å². The summed E-state index contributed by atoms with van der Waals surface area (Å²) in [6.07, 6.45) is 17.7. The standard InChI is InChI=1S/C34H42FN3O5.C32H45N3O5/c35-29-10-2-1-8-25(29)22-36-34(42)30-11-3-4-18-43-28-9-5-7-23(19-28)13-16-27(39)20-26(33(41)37-30)21-32(40)38-17-6-12-31(38)24-14-15-24;36-26-16-13-22-7-5-10-27(19-22)40-18-4-3-11-28(32(39)33-25-8-1-2-9-25)34-31(38)24(20-26)21-30(37)35-17-6-12-29(35)23-14-15-23/h1-2,5,7-10,19,24,26,30-31H,3-4,6,11-18,20-22H2,(H,36,42)(H,37,41);5,7,10,19,23-25,28-29H,1-4,6,8-9,11-18,20-21H2,(H,33,39)(H,34,38)/t26-,30-,31?;24-,28-,29?/m00/s1. The summed E-state index contributed by atoms with van der Waals surface area (Å²) in [6, 6.07) is 20.7. The Bertz CT molecular complexity index is 2740. The van der Waals surface area contributed by atoms with Gasteiger partial charge in [-0.2, -0.15) is 0 Å². The molecule has 4 aliphatic heterocycles. The molecule has 16 nitrogen and oxygen atoms in total. The van der Waals surface area contributed by atoms with Crippen LogP contribution in [-0.4, -0.2) is 113 Å². The van der Waals surface area contributed by atoms with Gasteiger partial charge in [0.05, 0.1) is 25.0 Å². The van der Waals surface area contributed by atoms with Crippen LogP contribution in [0.15, 0.2) is 72.8 Å². The van der Waals surface area contributed by atoms with Crippen LogP contribution in [0.5, 0.6) is 11.5 Å². The summed E-state index contributed by atoms with van der Waals surface area (Å²) < 4.78 is 26.0. The quantitative estimate of drug-likeness (QED) is 0.144. The molecule has 0 radical (unpaired) electrons. The van der Waals surface area contributed by atoms with Crippen molar-refractivity contribution < 1.29 is 52.2 Å². The number of ketones is 2. The van der Waals surface area contributed by atoms with Gasteiger partial charge in [-0.3, -0.25) is 38.4 Å². The number of hydrogen-bond acceptors (Lipinski definition) is 10. The maximum atomic E-state index is 14.2. The number of amides is 6. The lowest BCUT2D eigenvalue weighted by Crippen LogP contribution is -2.51. The number of likely N-dealkylation sites (tertiary alicyclic amines) is 2. The first-order chi connectivity index (χ1) is 40.3. The maximum absolute atomic E-state index is 14.2. The molecular formula is C66H87FN6O10. The number of nitrogens with one attached hydrogen (secondary N) is 4. The van der Waals surface area contributed by atoms with E-state index >= 15 is 0 Å². The predicted octanol–water partition coefficient (Wildman–Crippen LogP) is 8.58. The highest BCUT2D eigenvalue weighted by molar-refractivity contribution is 5.95. The van der Waals surface area contributed by atoms with Crippen LogP contribution in [0, 0.1) is 29.5 Å². The summed E-state index contributed by atoms with van der Waals surface area (Å²) in [6.45, 7) is 2.35. The zero-order valence-electron chi connectivity index (χ0n) is 48.4. The first-order valence-corrected chi connectivity index (χ1v) is 31.3. The summed E-state index contributed by atoms with van der Waals surface area (Å²) in [5, 5.41) is 11.7. The van der Waals surface area contributed by atoms with E-state index in [2.05, 4.69) is 21.3 Å². The maximum Gasteiger partial charge on any atom is 0.242 e. The Balaban J connectivity index is 0.000000200. The highest BCUT2D eigenvalue weighted by Gasteiger charge is 2.43. The van der Waals surface area contributed by atoms with Crippen molar-refractivity contribution in [3.05, 3.63) is 95.3 Å². The van der Waals surface area contributed by atoms with E-state index in [0.717, 1.165) is 99.8 Å². The Labute approximate surface area is 488 Å². The molecule has 6 amide bonds. The van der Waals surface area contributed by atoms with Crippen LogP contribution in [0.1, 0.15) is 171 Å². The fourth-order valence-corrected chi connectivity index (χ4v) is 12.9. The van der Waals surface area contributed by atoms with Crippen molar-refractivity contribution in [1.29, 1.82) is 0 Å². The molecule has 4 heterocycles. The molecule has 3 aromatic carbocycles. The van der Waals surface area contributed by atoms with Crippen molar-refractivity contribution in [1.82, 2.24) is 31.1 Å². The molecule has 0 aromatic heterocycles. The van der Waals surface area contributed by atoms with Gasteiger partial charge in [0.1, 0.15) is 41.0 Å². The second kappa shape index (κ2) is 30.2. The van der Waals surface area contributed by atoms with Gasteiger partial charge in [-0.05, 0) is 169 Å². The van der Waals surface area contributed by atoms with E-state index in [-0.39, 0.29) is 92.0 Å². The van der Waals surface area contributed by atoms with E-state index in [1.54, 1.807) is 18.2 Å². The monoisotopic (exact) mass is 1140 g/mol. The lowest BCUT2D eigenvalue weighted by atomic mass is 9.93. The SMILES string of the molecule is O=C1CCc2cccc(c2)OCCCC[C@@H](C(=O)NC2CCCC2)NC(=O)[C@H](CC(=O)N2CCCC2C2CC2)C1.O=C1CCc2cccc(c2)OCCCC[C@@H](C(=O)NCc2ccccc2F)NC(=O)[C@H](CC(=O)N2CCCC2C2CC2)C1. The van der Waals surface area contributed by atoms with Crippen LogP contribution < -0.4 is 30.7 Å². The highest BCUT2D eigenvalue weighted by Crippen LogP contribution is 2.42. The van der Waals surface area contributed by atoms with Crippen molar-refractivity contribution in [2.24, 2.45) is 23.7 Å². The topological polar surface area (TPSA) is 210 Å². The van der Waals surface area contributed by atoms with Gasteiger partial charge in [-0.15, -0.1) is 0 Å². The Kier molecular flexibility index (Phi) is 22.2. The molecule has 17 heteroatoms. The van der Waals surface area contributed by atoms with Crippen LogP contribution in [0.3, 0.4) is 0 Å². The lowest BCUT2D eigenvalue weighted by molar-refractivity contribution is -0.139. The highest BCUT2D eigenvalue weighted by atomic mass is 19.1. The molecule has 7 aliphatic rings. The van der Waals surface area contributed by atoms with Crippen molar-refractivity contribution in [3.8, 4) is 11.5 Å². The number of hydrogen-bond donors (Lipinski definition) is 4. The molecule has 448 valence electrons. The van der Waals surface area contributed by atoms with E-state index in [1.807, 2.05) is 58.3 Å². The van der Waals surface area contributed by atoms with E-state index in [1.165, 1.54) is 18.9 Å². The molecule has 3 aliphatic carbocycles. The largest absolute Gasteiger partial charge is 0.494 e. The second-order valence-corrected chi connectivity index (χ2v) is 24.5. The number of Topliss-reactive ketones (excluding diaryl/α,β-unsaturated/α-hetero) is 2. The third kappa shape index (κ3) is 18.4. The Morgan fingerprint density at radius 3 is 1.51 bits per heavy atom. The molecule has 0 spiro atoms. The normalized spacial score (nSPS) is 25.4. The minimum atomic E-state index is -0.894. The van der Waals surface area contributed by atoms with Crippen LogP contribution in [0.4, 0.5) is 4.39 Å². The summed E-state index contributed by atoms with van der Waals surface area (Å²) in [5.41, 5.74) is 2.34. The smallest absolute Gasteiger partial charge is 0.242 e. The minimum Gasteiger partial charge on any atom is -0.494 e. The van der Waals surface area contributed by atoms with Crippen molar-refractivity contribution in [3.63, 3.8) is 0 Å². The zero-order valence-corrected chi connectivity index (χ0v) is 48.4. The number of halogens is 1. The fourth-order valence-electron chi connectivity index (χ4n) is 12.9. The predicted molar refractivity (Wildman–Crippen MR) is 311 cm³/mol. The molecule has 6 atom stereocenters. The van der Waals surface area contributed by atoms with Gasteiger partial charge in [0, 0.05) is 81.8 Å². The first kappa shape index (κ1) is 60.9. The Morgan fingerprint density at radius 2 is 1.01 bits per heavy atom. The molecule has 83 heavy (non-hydrogen) atoms. The van der Waals surface area contributed by atoms with Crippen molar-refractivity contribution in [2.45, 2.75) is 204 Å². The van der Waals surface area contributed by atoms with Crippen molar-refractivity contribution >= 4 is 47.0 Å². The number of ether oxygens (including phenoxy) is 2. The van der Waals surface area contributed by atoms with E-state index in [0.29, 0.717) is 88.5 Å². The van der Waals surface area contributed by atoms with Gasteiger partial charge in [0.15, 0.2) is 0 Å². The van der Waals surface area contributed by atoms with Gasteiger partial charge in [-0.1, -0.05) is 55.3 Å². The lowest BCUT2D eigenvalue weighted by Gasteiger charge is -2.28. The Morgan fingerprint density at radius 1 is 0.530 bits per heavy atom. The van der Waals surface area contributed by atoms with Crippen LogP contribution in [-0.2, 0) is 57.7 Å². The van der Waals surface area contributed by atoms with Gasteiger partial charge in [-0.25, -0.2) is 4.39 Å². The van der Waals surface area contributed by atoms with Crippen LogP contribution in [0.25, 0.3) is 0 Å². The molecule has 2 unspecified atom stereocenters. The van der Waals surface area contributed by atoms with E-state index < -0.39 is 41.6 Å². The van der Waals surface area contributed by atoms with E-state index in [4.69, 9.17) is 9.47 Å². The summed E-state index contributed by atoms with van der Waals surface area (Å²) in [4.78, 5) is 111. The molecule has 5 fully saturated rings. The number of aryl methyl sites for hydroxylation is 2. The molecule has 3 aromatic rings. The molecular weight excluding hydrogens is 1060 g/mol. The summed E-state index contributed by atoms with van der Waals surface area (Å²) in [5.74, 6) is -1.14. The average molecular weight is 1140 g/mol. The van der Waals surface area contributed by atoms with Crippen LogP contribution in [0.2, 0.25) is 0 Å². The summed E-state index contributed by atoms with van der Waals surface area (Å²) >= 11 is 0. The zero-order chi connectivity index (χ0) is 58.1. The molecule has 2 saturated heterocycles. The third-order valence-corrected chi connectivity index (χ3v) is 18.0. The number of nitrogens with zero attached hydrogens (tertiary/aromatic N) is 2. The number of fused-ring (bicyclic) bond motifs is 4. The van der Waals surface area contributed by atoms with E-state index in [9.17, 15) is 42.7 Å². The Hall–Kier alpha value is -6.65. The summed E-state index contributed by atoms with van der Waals surface area (Å²) in [7, 11) is 0. The number of carbonyl (C=O) groups is 8. The third-order valence-electron chi connectivity index (χ3n) is 18.0. The first-order valence-electron chi connectivity index (χ1n) is 31.3. The minimum absolute atomic E-state index is 0.00661. The van der Waals surface area contributed by atoms with Gasteiger partial charge in [0.2, 0.25) is 35.4 Å². The average Bonchev–Trinajstić information content (AvgIpc) is 4.51. The number of benzene rings is 3. The molecule has 3 saturated carbocycles. The number of rotatable bonds is 11. The molecule has 4 bridgehead atoms. The second-order valence-electron chi connectivity index (χ2n) is 24.5. The van der Waals surface area contributed by atoms with Gasteiger partial charge < -0.3 is 40.5 Å².